The molecule has 0 bridgehead atoms. The van der Waals surface area contributed by atoms with E-state index in [-0.39, 0.29) is 18.6 Å². The highest BCUT2D eigenvalue weighted by Gasteiger charge is 2.55. The fourth-order valence-corrected chi connectivity index (χ4v) is 2.65. The molecule has 6 N–H and O–H groups in total. The largest absolute Gasteiger partial charge is 0.477 e. The van der Waals surface area contributed by atoms with Gasteiger partial charge in [0.2, 0.25) is 5.91 Å². The third-order valence-electron chi connectivity index (χ3n) is 4.18. The number of aliphatic carboxylic acids is 1. The number of methoxy groups -OCH3 is 1. The monoisotopic (exact) mass is 379 g/mol. The maximum Gasteiger partial charge on any atom is 0.364 e. The number of aliphatic hydroxyl groups is 4. The Labute approximate surface area is 149 Å². The Morgan fingerprint density at radius 3 is 2.38 bits per heavy atom. The number of hydrogen-bond donors (Lipinski definition) is 6. The number of Topliss-reactive ketones (excluding diaryl/α,β-unsaturated/α-hetero) is 1. The summed E-state index contributed by atoms with van der Waals surface area (Å²) >= 11 is 0. The lowest BCUT2D eigenvalue weighted by Gasteiger charge is -2.46. The predicted octanol–water partition coefficient (Wildman–Crippen LogP) is -2.87. The van der Waals surface area contributed by atoms with Gasteiger partial charge in [-0.15, -0.1) is 0 Å². The van der Waals surface area contributed by atoms with E-state index in [4.69, 9.17) is 14.6 Å². The summed E-state index contributed by atoms with van der Waals surface area (Å²) in [6.45, 7) is 0.436. The molecule has 150 valence electrons. The molecule has 1 saturated heterocycles. The van der Waals surface area contributed by atoms with Gasteiger partial charge in [0.25, 0.3) is 5.79 Å². The van der Waals surface area contributed by atoms with Gasteiger partial charge in [-0.2, -0.15) is 0 Å². The fourth-order valence-electron chi connectivity index (χ4n) is 2.65. The number of amides is 1. The summed E-state index contributed by atoms with van der Waals surface area (Å²) in [5.74, 6) is -4.74. The van der Waals surface area contributed by atoms with Crippen molar-refractivity contribution in [1.29, 1.82) is 0 Å². The molecule has 0 aromatic rings. The Hall–Kier alpha value is -1.63. The molecule has 1 aliphatic heterocycles. The van der Waals surface area contributed by atoms with E-state index in [2.05, 4.69) is 5.32 Å². The summed E-state index contributed by atoms with van der Waals surface area (Å²) in [4.78, 5) is 34.4. The van der Waals surface area contributed by atoms with Crippen LogP contribution in [0.2, 0.25) is 0 Å². The first-order valence-corrected chi connectivity index (χ1v) is 7.98. The quantitative estimate of drug-likeness (QED) is 0.243. The van der Waals surface area contributed by atoms with Gasteiger partial charge >= 0.3 is 5.97 Å². The molecule has 11 heteroatoms. The standard InChI is InChI=1S/C15H25NO10/c1-7(18)3-4-10(21)16-11-8(19)5-15(25-2,14(23)24)26-13(11)12(22)9(20)6-17/h8-9,11-13,17,19-20,22H,3-6H2,1-2H3,(H,16,21)(H,23,24)/t8?,9-,11-,12-,13?,15-/m1/s1. The molecule has 1 aliphatic rings. The second-order valence-electron chi connectivity index (χ2n) is 6.15. The van der Waals surface area contributed by atoms with E-state index in [0.29, 0.717) is 0 Å². The summed E-state index contributed by atoms with van der Waals surface area (Å²) in [6.07, 6.45) is -7.44. The Balaban J connectivity index is 3.06. The van der Waals surface area contributed by atoms with E-state index < -0.39 is 61.1 Å². The Bertz CT molecular complexity index is 527. The topological polar surface area (TPSA) is 183 Å². The molecule has 0 spiro atoms. The summed E-state index contributed by atoms with van der Waals surface area (Å²) in [7, 11) is 1.03. The van der Waals surface area contributed by atoms with Crippen LogP contribution < -0.4 is 5.32 Å². The molecule has 1 heterocycles. The first-order chi connectivity index (χ1) is 12.1. The molecular weight excluding hydrogens is 354 g/mol. The van der Waals surface area contributed by atoms with Crippen LogP contribution >= 0.6 is 0 Å². The smallest absolute Gasteiger partial charge is 0.364 e. The molecule has 0 saturated carbocycles. The minimum Gasteiger partial charge on any atom is -0.477 e. The first kappa shape index (κ1) is 22.4. The zero-order chi connectivity index (χ0) is 20.1. The minimum absolute atomic E-state index is 0.0425. The van der Waals surface area contributed by atoms with Crippen molar-refractivity contribution in [1.82, 2.24) is 5.32 Å². The van der Waals surface area contributed by atoms with Gasteiger partial charge in [-0.1, -0.05) is 0 Å². The van der Waals surface area contributed by atoms with E-state index in [1.807, 2.05) is 0 Å². The van der Waals surface area contributed by atoms with Crippen LogP contribution in [0.4, 0.5) is 0 Å². The van der Waals surface area contributed by atoms with Gasteiger partial charge in [-0.3, -0.25) is 4.79 Å². The van der Waals surface area contributed by atoms with Crippen LogP contribution in [0, 0.1) is 0 Å². The number of hydrogen-bond acceptors (Lipinski definition) is 9. The van der Waals surface area contributed by atoms with Crippen LogP contribution in [0.5, 0.6) is 0 Å². The lowest BCUT2D eigenvalue weighted by atomic mass is 9.88. The van der Waals surface area contributed by atoms with E-state index >= 15 is 0 Å². The van der Waals surface area contributed by atoms with E-state index in [9.17, 15) is 34.8 Å². The van der Waals surface area contributed by atoms with E-state index in [1.54, 1.807) is 0 Å². The van der Waals surface area contributed by atoms with E-state index in [1.165, 1.54) is 6.92 Å². The molecule has 1 fully saturated rings. The maximum atomic E-state index is 12.0. The van der Waals surface area contributed by atoms with Crippen molar-refractivity contribution in [2.45, 2.75) is 62.4 Å². The number of ether oxygens (including phenoxy) is 2. The molecule has 0 aromatic heterocycles. The van der Waals surface area contributed by atoms with Crippen LogP contribution in [0.3, 0.4) is 0 Å². The van der Waals surface area contributed by atoms with Gasteiger partial charge in [0, 0.05) is 26.4 Å². The minimum atomic E-state index is -2.30. The van der Waals surface area contributed by atoms with Crippen molar-refractivity contribution >= 4 is 17.7 Å². The molecule has 11 nitrogen and oxygen atoms in total. The van der Waals surface area contributed by atoms with Crippen LogP contribution in [-0.2, 0) is 23.9 Å². The van der Waals surface area contributed by atoms with Gasteiger partial charge in [-0.05, 0) is 6.92 Å². The molecule has 26 heavy (non-hydrogen) atoms. The average molecular weight is 379 g/mol. The van der Waals surface area contributed by atoms with Crippen molar-refractivity contribution in [3.05, 3.63) is 0 Å². The molecule has 0 radical (unpaired) electrons. The van der Waals surface area contributed by atoms with Crippen molar-refractivity contribution in [3.8, 4) is 0 Å². The van der Waals surface area contributed by atoms with Gasteiger partial charge in [-0.25, -0.2) is 4.79 Å². The van der Waals surface area contributed by atoms with Gasteiger partial charge < -0.3 is 45.1 Å². The number of ketones is 1. The molecule has 1 rings (SSSR count). The van der Waals surface area contributed by atoms with Crippen LogP contribution in [0.15, 0.2) is 0 Å². The van der Waals surface area contributed by atoms with Crippen molar-refractivity contribution in [3.63, 3.8) is 0 Å². The summed E-state index contributed by atoms with van der Waals surface area (Å²) in [5, 5.41) is 50.9. The lowest BCUT2D eigenvalue weighted by molar-refractivity contribution is -0.303. The number of aliphatic hydroxyl groups excluding tert-OH is 4. The van der Waals surface area contributed by atoms with Gasteiger partial charge in [0.15, 0.2) is 0 Å². The second-order valence-corrected chi connectivity index (χ2v) is 6.15. The summed E-state index contributed by atoms with van der Waals surface area (Å²) in [5.41, 5.74) is 0. The number of rotatable bonds is 9. The molecule has 6 atom stereocenters. The highest BCUT2D eigenvalue weighted by atomic mass is 16.7. The molecule has 0 aromatic carbocycles. The van der Waals surface area contributed by atoms with Gasteiger partial charge in [0.1, 0.15) is 24.1 Å². The highest BCUT2D eigenvalue weighted by Crippen LogP contribution is 2.33. The zero-order valence-corrected chi connectivity index (χ0v) is 14.5. The Morgan fingerprint density at radius 1 is 1.31 bits per heavy atom. The average Bonchev–Trinajstić information content (AvgIpc) is 2.59. The number of carbonyl (C=O) groups is 3. The predicted molar refractivity (Wildman–Crippen MR) is 83.8 cm³/mol. The first-order valence-electron chi connectivity index (χ1n) is 7.98. The van der Waals surface area contributed by atoms with Crippen LogP contribution in [0.25, 0.3) is 0 Å². The summed E-state index contributed by atoms with van der Waals surface area (Å²) < 4.78 is 10.1. The normalized spacial score (nSPS) is 31.1. The third-order valence-corrected chi connectivity index (χ3v) is 4.18. The van der Waals surface area contributed by atoms with Crippen molar-refractivity contribution in [2.75, 3.05) is 13.7 Å². The zero-order valence-electron chi connectivity index (χ0n) is 14.5. The lowest BCUT2D eigenvalue weighted by Crippen LogP contribution is -2.67. The maximum absolute atomic E-state index is 12.0. The Morgan fingerprint density at radius 2 is 1.92 bits per heavy atom. The summed E-state index contributed by atoms with van der Waals surface area (Å²) in [6, 6.07) is -1.30. The molecule has 0 aliphatic carbocycles. The van der Waals surface area contributed by atoms with Crippen molar-refractivity contribution < 1.29 is 49.4 Å². The molecule has 2 unspecified atom stereocenters. The van der Waals surface area contributed by atoms with Crippen LogP contribution in [0.1, 0.15) is 26.2 Å². The SMILES string of the molecule is CO[C@]1(C(=O)O)CC(O)[C@@H](NC(=O)CCC(C)=O)C([C@H](O)[C@H](O)CO)O1. The Kier molecular flexibility index (Phi) is 8.06. The number of nitrogens with one attached hydrogen (secondary N) is 1. The van der Waals surface area contributed by atoms with E-state index in [0.717, 1.165) is 7.11 Å². The van der Waals surface area contributed by atoms with Gasteiger partial charge in [0.05, 0.1) is 18.8 Å². The number of carboxylic acids is 1. The van der Waals surface area contributed by atoms with Crippen LogP contribution in [-0.4, -0.2) is 93.2 Å². The number of carbonyl (C=O) groups excluding carboxylic acids is 2. The highest BCUT2D eigenvalue weighted by molar-refractivity contribution is 5.83. The van der Waals surface area contributed by atoms with Crippen molar-refractivity contribution in [2.24, 2.45) is 0 Å². The fraction of sp³-hybridized carbons (Fsp3) is 0.800. The number of carboxylic acid groups (broad SMARTS) is 1. The molecular formula is C15H25NO10. The third kappa shape index (κ3) is 5.19. The molecule has 1 amide bonds. The second kappa shape index (κ2) is 9.35.